The van der Waals surface area contributed by atoms with Crippen LogP contribution in [0.3, 0.4) is 0 Å². The lowest BCUT2D eigenvalue weighted by molar-refractivity contribution is -0.169. The lowest BCUT2D eigenvalue weighted by atomic mass is 10.1. The summed E-state index contributed by atoms with van der Waals surface area (Å²) in [5.41, 5.74) is -0.264. The molecule has 0 aliphatic rings. The second kappa shape index (κ2) is 6.05. The summed E-state index contributed by atoms with van der Waals surface area (Å²) in [5, 5.41) is 3.24. The van der Waals surface area contributed by atoms with Crippen LogP contribution in [0.25, 0.3) is 0 Å². The predicted molar refractivity (Wildman–Crippen MR) is 67.5 cm³/mol. The zero-order valence-electron chi connectivity index (χ0n) is 10.8. The summed E-state index contributed by atoms with van der Waals surface area (Å²) >= 11 is 0. The van der Waals surface area contributed by atoms with Gasteiger partial charge in [0.2, 0.25) is 5.60 Å². The lowest BCUT2D eigenvalue weighted by Crippen LogP contribution is -2.35. The van der Waals surface area contributed by atoms with Crippen LogP contribution in [0.1, 0.15) is 19.4 Å². The summed E-state index contributed by atoms with van der Waals surface area (Å²) in [6.45, 7) is 6.48. The van der Waals surface area contributed by atoms with E-state index in [1.807, 2.05) is 12.1 Å². The van der Waals surface area contributed by atoms with Crippen molar-refractivity contribution < 1.29 is 19.1 Å². The maximum absolute atomic E-state index is 11.7. The van der Waals surface area contributed by atoms with Gasteiger partial charge in [0, 0.05) is 6.72 Å². The maximum atomic E-state index is 11.7. The van der Waals surface area contributed by atoms with Crippen LogP contribution in [-0.2, 0) is 21.0 Å². The van der Waals surface area contributed by atoms with E-state index in [4.69, 9.17) is 14.3 Å². The van der Waals surface area contributed by atoms with Crippen molar-refractivity contribution in [3.05, 3.63) is 29.8 Å². The molecular weight excluding hydrogens is 234 g/mol. The van der Waals surface area contributed by atoms with Crippen LogP contribution in [0.5, 0.6) is 5.75 Å². The average molecular weight is 251 g/mol. The summed E-state index contributed by atoms with van der Waals surface area (Å²) in [6.07, 6.45) is 0. The number of hydrogen-bond donors (Lipinski definition) is 0. The van der Waals surface area contributed by atoms with Gasteiger partial charge in [-0.05, 0) is 31.5 Å². The highest BCUT2D eigenvalue weighted by Crippen LogP contribution is 2.15. The van der Waals surface area contributed by atoms with E-state index in [0.29, 0.717) is 0 Å². The fourth-order valence-corrected chi connectivity index (χ4v) is 1.24. The molecule has 0 unspecified atom stereocenters. The Morgan fingerprint density at radius 1 is 1.33 bits per heavy atom. The van der Waals surface area contributed by atoms with Crippen molar-refractivity contribution in [2.75, 3.05) is 7.11 Å². The van der Waals surface area contributed by atoms with Crippen molar-refractivity contribution in [3.8, 4) is 5.75 Å². The molecule has 1 aromatic carbocycles. The summed E-state index contributed by atoms with van der Waals surface area (Å²) in [7, 11) is 1.59. The van der Waals surface area contributed by atoms with Crippen LogP contribution in [0.2, 0.25) is 0 Å². The van der Waals surface area contributed by atoms with Gasteiger partial charge in [-0.15, -0.1) is 5.16 Å². The molecular formula is C13H17NO4. The number of rotatable bonds is 6. The Morgan fingerprint density at radius 2 is 1.94 bits per heavy atom. The Bertz CT molecular complexity index is 412. The Balaban J connectivity index is 2.54. The smallest absolute Gasteiger partial charge is 0.353 e. The minimum atomic E-state index is -1.13. The van der Waals surface area contributed by atoms with E-state index in [-0.39, 0.29) is 6.61 Å². The molecule has 0 radical (unpaired) electrons. The van der Waals surface area contributed by atoms with Crippen LogP contribution < -0.4 is 4.74 Å². The first kappa shape index (κ1) is 14.0. The quantitative estimate of drug-likeness (QED) is 0.441. The van der Waals surface area contributed by atoms with E-state index in [2.05, 4.69) is 11.9 Å². The lowest BCUT2D eigenvalue weighted by Gasteiger charge is -2.19. The monoisotopic (exact) mass is 251 g/mol. The SMILES string of the molecule is C=NOC(C)(C)C(=O)OCc1ccc(OC)cc1. The molecule has 18 heavy (non-hydrogen) atoms. The van der Waals surface area contributed by atoms with Crippen LogP contribution in [0, 0.1) is 0 Å². The minimum Gasteiger partial charge on any atom is -0.497 e. The molecule has 5 nitrogen and oxygen atoms in total. The van der Waals surface area contributed by atoms with Gasteiger partial charge < -0.3 is 14.3 Å². The van der Waals surface area contributed by atoms with Crippen molar-refractivity contribution in [3.63, 3.8) is 0 Å². The third kappa shape index (κ3) is 3.76. The van der Waals surface area contributed by atoms with Gasteiger partial charge in [-0.1, -0.05) is 12.1 Å². The summed E-state index contributed by atoms with van der Waals surface area (Å²) < 4.78 is 10.2. The number of nitrogens with zero attached hydrogens (tertiary/aromatic N) is 1. The Kier molecular flexibility index (Phi) is 4.71. The molecule has 0 aliphatic carbocycles. The molecule has 0 bridgehead atoms. The van der Waals surface area contributed by atoms with Crippen LogP contribution in [0.15, 0.2) is 29.4 Å². The second-order valence-electron chi connectivity index (χ2n) is 4.15. The molecule has 0 aliphatic heterocycles. The largest absolute Gasteiger partial charge is 0.497 e. The molecule has 0 amide bonds. The maximum Gasteiger partial charge on any atom is 0.353 e. The summed E-state index contributed by atoms with van der Waals surface area (Å²) in [4.78, 5) is 16.5. The van der Waals surface area contributed by atoms with Crippen LogP contribution in [0.4, 0.5) is 0 Å². The normalized spacial score (nSPS) is 10.6. The standard InChI is InChI=1S/C13H17NO4/c1-13(2,18-14-3)12(15)17-9-10-5-7-11(16-4)8-6-10/h5-8H,3,9H2,1-2,4H3. The summed E-state index contributed by atoms with van der Waals surface area (Å²) in [6, 6.07) is 7.25. The number of ether oxygens (including phenoxy) is 2. The highest BCUT2D eigenvalue weighted by atomic mass is 16.7. The van der Waals surface area contributed by atoms with Gasteiger partial charge in [-0.2, -0.15) is 0 Å². The van der Waals surface area contributed by atoms with Gasteiger partial charge in [-0.3, -0.25) is 0 Å². The molecule has 0 saturated carbocycles. The fourth-order valence-electron chi connectivity index (χ4n) is 1.24. The molecule has 0 saturated heterocycles. The molecule has 1 aromatic rings. The molecule has 0 aromatic heterocycles. The van der Waals surface area contributed by atoms with Crippen molar-refractivity contribution in [1.82, 2.24) is 0 Å². The summed E-state index contributed by atoms with van der Waals surface area (Å²) in [5.74, 6) is 0.260. The number of carbonyl (C=O) groups excluding carboxylic acids is 1. The Hall–Kier alpha value is -2.04. The predicted octanol–water partition coefficient (Wildman–Crippen LogP) is 2.15. The molecule has 0 fully saturated rings. The van der Waals surface area contributed by atoms with Gasteiger partial charge in [0.15, 0.2) is 0 Å². The highest BCUT2D eigenvalue weighted by molar-refractivity contribution is 5.78. The third-order valence-electron chi connectivity index (χ3n) is 2.31. The first-order valence-electron chi connectivity index (χ1n) is 5.44. The van der Waals surface area contributed by atoms with Crippen LogP contribution >= 0.6 is 0 Å². The molecule has 0 spiro atoms. The first-order chi connectivity index (χ1) is 8.49. The van der Waals surface area contributed by atoms with E-state index in [9.17, 15) is 4.79 Å². The number of methoxy groups -OCH3 is 1. The van der Waals surface area contributed by atoms with Gasteiger partial charge in [0.1, 0.15) is 12.4 Å². The molecule has 98 valence electrons. The number of carbonyl (C=O) groups is 1. The van der Waals surface area contributed by atoms with E-state index < -0.39 is 11.6 Å². The van der Waals surface area contributed by atoms with Gasteiger partial charge in [0.05, 0.1) is 7.11 Å². The Morgan fingerprint density at radius 3 is 2.44 bits per heavy atom. The molecule has 0 heterocycles. The highest BCUT2D eigenvalue weighted by Gasteiger charge is 2.32. The van der Waals surface area contributed by atoms with Crippen molar-refractivity contribution >= 4 is 12.7 Å². The van der Waals surface area contributed by atoms with E-state index >= 15 is 0 Å². The molecule has 0 N–H and O–H groups in total. The Labute approximate surface area is 106 Å². The molecule has 5 heteroatoms. The second-order valence-corrected chi connectivity index (χ2v) is 4.15. The van der Waals surface area contributed by atoms with Gasteiger partial charge >= 0.3 is 5.97 Å². The fraction of sp³-hybridized carbons (Fsp3) is 0.385. The topological polar surface area (TPSA) is 57.1 Å². The van der Waals surface area contributed by atoms with Crippen molar-refractivity contribution in [2.45, 2.75) is 26.1 Å². The number of hydrogen-bond acceptors (Lipinski definition) is 5. The third-order valence-corrected chi connectivity index (χ3v) is 2.31. The first-order valence-corrected chi connectivity index (χ1v) is 5.44. The molecule has 0 atom stereocenters. The van der Waals surface area contributed by atoms with E-state index in [1.54, 1.807) is 33.1 Å². The number of benzene rings is 1. The van der Waals surface area contributed by atoms with E-state index in [0.717, 1.165) is 11.3 Å². The van der Waals surface area contributed by atoms with Crippen molar-refractivity contribution in [1.29, 1.82) is 0 Å². The molecule has 1 rings (SSSR count). The van der Waals surface area contributed by atoms with Gasteiger partial charge in [-0.25, -0.2) is 4.79 Å². The minimum absolute atomic E-state index is 0.173. The van der Waals surface area contributed by atoms with Crippen LogP contribution in [-0.4, -0.2) is 25.4 Å². The number of oxime groups is 1. The zero-order valence-corrected chi connectivity index (χ0v) is 10.8. The van der Waals surface area contributed by atoms with Crippen molar-refractivity contribution in [2.24, 2.45) is 5.16 Å². The van der Waals surface area contributed by atoms with E-state index in [1.165, 1.54) is 0 Å². The zero-order chi connectivity index (χ0) is 13.6. The van der Waals surface area contributed by atoms with Gasteiger partial charge in [0.25, 0.3) is 0 Å². The number of esters is 1. The average Bonchev–Trinajstić information content (AvgIpc) is 2.36.